The molecule has 0 radical (unpaired) electrons. The molecule has 0 bridgehead atoms. The third-order valence-corrected chi connectivity index (χ3v) is 2.22. The number of thiol groups is 1. The van der Waals surface area contributed by atoms with Crippen LogP contribution in [0.2, 0.25) is 0 Å². The molecule has 0 fully saturated rings. The zero-order valence-electron chi connectivity index (χ0n) is 5.22. The third-order valence-electron chi connectivity index (χ3n) is 0.956. The summed E-state index contributed by atoms with van der Waals surface area (Å²) in [6, 6.07) is 0. The molecule has 1 aromatic heterocycles. The van der Waals surface area contributed by atoms with Crippen LogP contribution >= 0.6 is 24.0 Å². The van der Waals surface area contributed by atoms with Gasteiger partial charge >= 0.3 is 6.18 Å². The molecule has 1 nitrogen and oxygen atoms in total. The fourth-order valence-electron chi connectivity index (χ4n) is 0.510. The number of rotatable bonds is 1. The second-order valence-corrected chi connectivity index (χ2v) is 2.97. The van der Waals surface area contributed by atoms with Gasteiger partial charge < -0.3 is 0 Å². The van der Waals surface area contributed by atoms with E-state index in [1.54, 1.807) is 0 Å². The Kier molecular flexibility index (Phi) is 2.43. The zero-order chi connectivity index (χ0) is 8.48. The van der Waals surface area contributed by atoms with Crippen LogP contribution in [0.25, 0.3) is 0 Å². The Morgan fingerprint density at radius 1 is 1.55 bits per heavy atom. The molecule has 0 aliphatic rings. The summed E-state index contributed by atoms with van der Waals surface area (Å²) in [6.07, 6.45) is -4.31. The van der Waals surface area contributed by atoms with Gasteiger partial charge in [0.2, 0.25) is 0 Å². The lowest BCUT2D eigenvalue weighted by Gasteiger charge is -1.98. The maximum absolute atomic E-state index is 11.9. The first-order chi connectivity index (χ1) is 5.04. The molecule has 0 spiro atoms. The predicted molar refractivity (Wildman–Crippen MR) is 39.8 cm³/mol. The summed E-state index contributed by atoms with van der Waals surface area (Å²) < 4.78 is 35.6. The van der Waals surface area contributed by atoms with Crippen molar-refractivity contribution in [3.05, 3.63) is 16.1 Å². The summed E-state index contributed by atoms with van der Waals surface area (Å²) in [5.41, 5.74) is 0.366. The zero-order valence-corrected chi connectivity index (χ0v) is 6.93. The second-order valence-electron chi connectivity index (χ2n) is 1.80. The molecule has 0 atom stereocenters. The van der Waals surface area contributed by atoms with Crippen molar-refractivity contribution in [2.45, 2.75) is 11.9 Å². The van der Waals surface area contributed by atoms with Crippen molar-refractivity contribution in [1.82, 2.24) is 4.98 Å². The highest BCUT2D eigenvalue weighted by Gasteiger charge is 2.34. The topological polar surface area (TPSA) is 12.9 Å². The van der Waals surface area contributed by atoms with E-state index in [0.717, 1.165) is 0 Å². The Labute approximate surface area is 70.7 Å². The van der Waals surface area contributed by atoms with Gasteiger partial charge in [-0.2, -0.15) is 25.8 Å². The Balaban J connectivity index is 2.89. The van der Waals surface area contributed by atoms with Gasteiger partial charge in [-0.3, -0.25) is 0 Å². The molecule has 1 aromatic rings. The first-order valence-electron chi connectivity index (χ1n) is 2.66. The number of alkyl halides is 3. The Bertz CT molecular complexity index is 242. The number of hydrogen-bond acceptors (Lipinski definition) is 3. The molecule has 0 amide bonds. The average molecular weight is 199 g/mol. The molecular weight excluding hydrogens is 195 g/mol. The van der Waals surface area contributed by atoms with Crippen LogP contribution in [0.15, 0.2) is 5.38 Å². The molecule has 1 rings (SSSR count). The fourth-order valence-corrected chi connectivity index (χ4v) is 1.48. The van der Waals surface area contributed by atoms with Gasteiger partial charge in [-0.1, -0.05) is 0 Å². The minimum Gasteiger partial charge on any atom is -0.236 e. The van der Waals surface area contributed by atoms with Crippen molar-refractivity contribution in [3.63, 3.8) is 0 Å². The van der Waals surface area contributed by atoms with Crippen LogP contribution in [-0.4, -0.2) is 4.98 Å². The van der Waals surface area contributed by atoms with Crippen LogP contribution < -0.4 is 0 Å². The van der Waals surface area contributed by atoms with Crippen molar-refractivity contribution in [2.75, 3.05) is 0 Å². The SMILES string of the molecule is FC(F)(F)c1nc(CS)cs1. The number of thiazole rings is 1. The number of halogens is 3. The molecule has 0 saturated heterocycles. The van der Waals surface area contributed by atoms with E-state index >= 15 is 0 Å². The van der Waals surface area contributed by atoms with Gasteiger partial charge in [0.15, 0.2) is 5.01 Å². The lowest BCUT2D eigenvalue weighted by atomic mass is 10.6. The molecule has 0 unspecified atom stereocenters. The lowest BCUT2D eigenvalue weighted by molar-refractivity contribution is -0.137. The summed E-state index contributed by atoms with van der Waals surface area (Å²) in [6.45, 7) is 0. The summed E-state index contributed by atoms with van der Waals surface area (Å²) in [5, 5.41) is 0.553. The summed E-state index contributed by atoms with van der Waals surface area (Å²) >= 11 is 4.39. The van der Waals surface area contributed by atoms with Crippen LogP contribution in [0, 0.1) is 0 Å². The number of aromatic nitrogens is 1. The first-order valence-corrected chi connectivity index (χ1v) is 4.17. The standard InChI is InChI=1S/C5H4F3NS2/c6-5(7,8)4-9-3(1-10)2-11-4/h2,10H,1H2. The van der Waals surface area contributed by atoms with Gasteiger partial charge in [0.25, 0.3) is 0 Å². The van der Waals surface area contributed by atoms with Crippen LogP contribution in [-0.2, 0) is 11.9 Å². The van der Waals surface area contributed by atoms with Gasteiger partial charge in [0.1, 0.15) is 0 Å². The summed E-state index contributed by atoms with van der Waals surface area (Å²) in [4.78, 5) is 3.32. The van der Waals surface area contributed by atoms with E-state index in [0.29, 0.717) is 17.0 Å². The minimum atomic E-state index is -4.31. The quantitative estimate of drug-likeness (QED) is 0.686. The maximum atomic E-state index is 11.9. The molecule has 0 saturated carbocycles. The predicted octanol–water partition coefficient (Wildman–Crippen LogP) is 2.59. The van der Waals surface area contributed by atoms with Crippen molar-refractivity contribution < 1.29 is 13.2 Å². The van der Waals surface area contributed by atoms with Gasteiger partial charge in [-0.05, 0) is 0 Å². The van der Waals surface area contributed by atoms with Crippen molar-refractivity contribution in [2.24, 2.45) is 0 Å². The van der Waals surface area contributed by atoms with Crippen LogP contribution in [0.5, 0.6) is 0 Å². The Morgan fingerprint density at radius 2 is 2.18 bits per heavy atom. The van der Waals surface area contributed by atoms with Crippen molar-refractivity contribution >= 4 is 24.0 Å². The highest BCUT2D eigenvalue weighted by atomic mass is 32.1. The molecule has 11 heavy (non-hydrogen) atoms. The molecule has 0 N–H and O–H groups in total. The second kappa shape index (κ2) is 3.02. The molecular formula is C5H4F3NS2. The third kappa shape index (κ3) is 2.10. The first kappa shape index (κ1) is 8.86. The van der Waals surface area contributed by atoms with Gasteiger partial charge in [0, 0.05) is 11.1 Å². The van der Waals surface area contributed by atoms with E-state index in [1.165, 1.54) is 5.38 Å². The van der Waals surface area contributed by atoms with Crippen molar-refractivity contribution in [3.8, 4) is 0 Å². The van der Waals surface area contributed by atoms with E-state index in [2.05, 4.69) is 17.6 Å². The van der Waals surface area contributed by atoms with Gasteiger partial charge in [0.05, 0.1) is 5.69 Å². The van der Waals surface area contributed by atoms with Gasteiger partial charge in [-0.25, -0.2) is 4.98 Å². The van der Waals surface area contributed by atoms with E-state index < -0.39 is 11.2 Å². The lowest BCUT2D eigenvalue weighted by Crippen LogP contribution is -2.03. The van der Waals surface area contributed by atoms with Crippen LogP contribution in [0.3, 0.4) is 0 Å². The average Bonchev–Trinajstić information content (AvgIpc) is 2.32. The van der Waals surface area contributed by atoms with E-state index in [-0.39, 0.29) is 5.75 Å². The van der Waals surface area contributed by atoms with Crippen LogP contribution in [0.4, 0.5) is 13.2 Å². The minimum absolute atomic E-state index is 0.243. The summed E-state index contributed by atoms with van der Waals surface area (Å²) in [7, 11) is 0. The molecule has 0 aliphatic carbocycles. The molecule has 1 heterocycles. The van der Waals surface area contributed by atoms with Gasteiger partial charge in [-0.15, -0.1) is 11.3 Å². The molecule has 62 valence electrons. The molecule has 0 aromatic carbocycles. The smallest absolute Gasteiger partial charge is 0.236 e. The largest absolute Gasteiger partial charge is 0.443 e. The number of nitrogens with zero attached hydrogens (tertiary/aromatic N) is 1. The van der Waals surface area contributed by atoms with E-state index in [1.807, 2.05) is 0 Å². The Hall–Kier alpha value is -0.230. The fraction of sp³-hybridized carbons (Fsp3) is 0.400. The normalized spacial score (nSPS) is 12.0. The summed E-state index contributed by atoms with van der Waals surface area (Å²) in [5.74, 6) is 0.243. The van der Waals surface area contributed by atoms with Crippen molar-refractivity contribution in [1.29, 1.82) is 0 Å². The highest BCUT2D eigenvalue weighted by molar-refractivity contribution is 7.79. The Morgan fingerprint density at radius 3 is 2.45 bits per heavy atom. The van der Waals surface area contributed by atoms with E-state index in [4.69, 9.17) is 0 Å². The van der Waals surface area contributed by atoms with Crippen LogP contribution in [0.1, 0.15) is 10.7 Å². The highest BCUT2D eigenvalue weighted by Crippen LogP contribution is 2.31. The monoisotopic (exact) mass is 199 g/mol. The number of hydrogen-bond donors (Lipinski definition) is 1. The maximum Gasteiger partial charge on any atom is 0.443 e. The molecule has 0 aliphatic heterocycles. The molecule has 6 heteroatoms. The van der Waals surface area contributed by atoms with E-state index in [9.17, 15) is 13.2 Å².